The molecule has 0 bridgehead atoms. The Bertz CT molecular complexity index is 898. The van der Waals surface area contributed by atoms with Crippen molar-refractivity contribution in [1.29, 1.82) is 0 Å². The van der Waals surface area contributed by atoms with Crippen molar-refractivity contribution in [3.8, 4) is 0 Å². The molecule has 4 rings (SSSR count). The number of pyridine rings is 1. The molecular weight excluding hydrogens is 310 g/mol. The number of aryl methyl sites for hydroxylation is 1. The van der Waals surface area contributed by atoms with E-state index >= 15 is 0 Å². The molecule has 0 saturated heterocycles. The second-order valence-electron chi connectivity index (χ2n) is 5.70. The van der Waals surface area contributed by atoms with Crippen LogP contribution in [0.3, 0.4) is 0 Å². The van der Waals surface area contributed by atoms with E-state index in [1.54, 1.807) is 0 Å². The number of hydrogen-bond acceptors (Lipinski definition) is 5. The predicted molar refractivity (Wildman–Crippen MR) is 85.7 cm³/mol. The molecule has 3 aromatic rings. The van der Waals surface area contributed by atoms with Gasteiger partial charge in [0.15, 0.2) is 0 Å². The van der Waals surface area contributed by atoms with Crippen molar-refractivity contribution in [3.63, 3.8) is 0 Å². The summed E-state index contributed by atoms with van der Waals surface area (Å²) in [5.74, 6) is 0.846. The fraction of sp³-hybridized carbons (Fsp3) is 0.312. The average molecular weight is 327 g/mol. The number of nitrogens with one attached hydrogen (secondary N) is 2. The van der Waals surface area contributed by atoms with Crippen molar-refractivity contribution in [3.05, 3.63) is 47.2 Å². The largest absolute Gasteiger partial charge is 0.376 e. The Morgan fingerprint density at radius 1 is 1.46 bits per heavy atom. The first-order valence-electron chi connectivity index (χ1n) is 7.73. The highest BCUT2D eigenvalue weighted by atomic mass is 16.5. The zero-order valence-electron chi connectivity index (χ0n) is 13.2. The van der Waals surface area contributed by atoms with Gasteiger partial charge in [-0.05, 0) is 13.0 Å². The van der Waals surface area contributed by atoms with E-state index in [0.29, 0.717) is 31.1 Å². The molecule has 0 radical (unpaired) electrons. The lowest BCUT2D eigenvalue weighted by molar-refractivity contribution is 0.102. The number of urea groups is 1. The van der Waals surface area contributed by atoms with Gasteiger partial charge in [0.05, 0.1) is 25.5 Å². The molecule has 4 heterocycles. The number of carbonyl (C=O) groups is 1. The van der Waals surface area contributed by atoms with Crippen LogP contribution in [-0.4, -0.2) is 27.2 Å². The number of nitrogens with zero attached hydrogens (tertiary/aromatic N) is 3. The van der Waals surface area contributed by atoms with Crippen LogP contribution in [0.2, 0.25) is 0 Å². The van der Waals surface area contributed by atoms with E-state index in [1.165, 1.54) is 0 Å². The molecule has 8 heteroatoms. The Hall–Kier alpha value is -2.87. The monoisotopic (exact) mass is 327 g/mol. The third-order valence-corrected chi connectivity index (χ3v) is 3.93. The molecule has 0 fully saturated rings. The molecule has 2 amide bonds. The fourth-order valence-electron chi connectivity index (χ4n) is 2.75. The molecule has 0 saturated carbocycles. The minimum Gasteiger partial charge on any atom is -0.376 e. The fourth-order valence-corrected chi connectivity index (χ4v) is 2.75. The van der Waals surface area contributed by atoms with Crippen molar-refractivity contribution in [1.82, 2.24) is 19.9 Å². The molecule has 124 valence electrons. The molecule has 0 atom stereocenters. The molecule has 1 aliphatic rings. The van der Waals surface area contributed by atoms with Crippen LogP contribution in [-0.2, 0) is 24.3 Å². The Balaban J connectivity index is 1.40. The van der Waals surface area contributed by atoms with Gasteiger partial charge >= 0.3 is 6.03 Å². The van der Waals surface area contributed by atoms with E-state index in [-0.39, 0.29) is 6.03 Å². The Labute approximate surface area is 137 Å². The van der Waals surface area contributed by atoms with Crippen LogP contribution in [0.25, 0.3) is 5.65 Å². The van der Waals surface area contributed by atoms with Crippen molar-refractivity contribution in [2.75, 3.05) is 11.9 Å². The van der Waals surface area contributed by atoms with Crippen molar-refractivity contribution >= 4 is 17.4 Å². The van der Waals surface area contributed by atoms with Crippen LogP contribution in [0.15, 0.2) is 29.0 Å². The van der Waals surface area contributed by atoms with Crippen molar-refractivity contribution < 1.29 is 14.1 Å². The second-order valence-corrected chi connectivity index (χ2v) is 5.70. The summed E-state index contributed by atoms with van der Waals surface area (Å²) in [6.45, 7) is 3.34. The number of rotatable bonds is 3. The molecular formula is C16H17N5O3. The normalized spacial score (nSPS) is 13.7. The lowest BCUT2D eigenvalue weighted by atomic mass is 10.1. The third kappa shape index (κ3) is 2.83. The quantitative estimate of drug-likeness (QED) is 0.767. The van der Waals surface area contributed by atoms with E-state index in [4.69, 9.17) is 9.26 Å². The van der Waals surface area contributed by atoms with Crippen LogP contribution >= 0.6 is 0 Å². The smallest absolute Gasteiger partial charge is 0.319 e. The molecule has 1 aliphatic heterocycles. The van der Waals surface area contributed by atoms with Gasteiger partial charge in [-0.2, -0.15) is 0 Å². The SMILES string of the molecule is Cc1cn2ccc(NC(=O)NCc3noc4c3COCC4)cc2n1. The van der Waals surface area contributed by atoms with Crippen molar-refractivity contribution in [2.24, 2.45) is 0 Å². The maximum Gasteiger partial charge on any atom is 0.319 e. The summed E-state index contributed by atoms with van der Waals surface area (Å²) in [7, 11) is 0. The highest BCUT2D eigenvalue weighted by Gasteiger charge is 2.20. The molecule has 0 aromatic carbocycles. The van der Waals surface area contributed by atoms with Crippen LogP contribution in [0.4, 0.5) is 10.5 Å². The molecule has 0 spiro atoms. The lowest BCUT2D eigenvalue weighted by Crippen LogP contribution is -2.29. The van der Waals surface area contributed by atoms with Gasteiger partial charge < -0.3 is 24.3 Å². The van der Waals surface area contributed by atoms with Gasteiger partial charge in [0.2, 0.25) is 0 Å². The summed E-state index contributed by atoms with van der Waals surface area (Å²) >= 11 is 0. The highest BCUT2D eigenvalue weighted by Crippen LogP contribution is 2.20. The number of hydrogen-bond donors (Lipinski definition) is 2. The van der Waals surface area contributed by atoms with E-state index < -0.39 is 0 Å². The maximum absolute atomic E-state index is 12.1. The zero-order chi connectivity index (χ0) is 16.5. The topological polar surface area (TPSA) is 93.7 Å². The number of amides is 2. The van der Waals surface area contributed by atoms with Crippen molar-refractivity contribution in [2.45, 2.75) is 26.5 Å². The number of carbonyl (C=O) groups excluding carboxylic acids is 1. The molecule has 0 unspecified atom stereocenters. The van der Waals surface area contributed by atoms with Gasteiger partial charge in [-0.1, -0.05) is 5.16 Å². The van der Waals surface area contributed by atoms with Gasteiger partial charge in [0, 0.05) is 36.1 Å². The van der Waals surface area contributed by atoms with Gasteiger partial charge in [-0.15, -0.1) is 0 Å². The number of aromatic nitrogens is 3. The molecule has 3 aromatic heterocycles. The first kappa shape index (κ1) is 14.7. The van der Waals surface area contributed by atoms with Crippen LogP contribution in [0, 0.1) is 6.92 Å². The Kier molecular flexibility index (Phi) is 3.66. The summed E-state index contributed by atoms with van der Waals surface area (Å²) in [5.41, 5.74) is 4.04. The van der Waals surface area contributed by atoms with Gasteiger partial charge in [-0.25, -0.2) is 9.78 Å². The van der Waals surface area contributed by atoms with Gasteiger partial charge in [0.25, 0.3) is 0 Å². The highest BCUT2D eigenvalue weighted by molar-refractivity contribution is 5.89. The van der Waals surface area contributed by atoms with E-state index in [9.17, 15) is 4.79 Å². The summed E-state index contributed by atoms with van der Waals surface area (Å²) in [5, 5.41) is 9.58. The summed E-state index contributed by atoms with van der Waals surface area (Å²) in [6.07, 6.45) is 4.50. The van der Waals surface area contributed by atoms with E-state index in [0.717, 1.165) is 29.1 Å². The molecule has 2 N–H and O–H groups in total. The summed E-state index contributed by atoms with van der Waals surface area (Å²) in [6, 6.07) is 3.33. The first-order valence-corrected chi connectivity index (χ1v) is 7.73. The van der Waals surface area contributed by atoms with Crippen LogP contribution in [0.5, 0.6) is 0 Å². The summed E-state index contributed by atoms with van der Waals surface area (Å²) in [4.78, 5) is 16.4. The number of fused-ring (bicyclic) bond motifs is 2. The number of anilines is 1. The van der Waals surface area contributed by atoms with E-state index in [1.807, 2.05) is 35.9 Å². The Morgan fingerprint density at radius 2 is 2.38 bits per heavy atom. The lowest BCUT2D eigenvalue weighted by Gasteiger charge is -2.11. The molecule has 24 heavy (non-hydrogen) atoms. The van der Waals surface area contributed by atoms with Gasteiger partial charge in [0.1, 0.15) is 17.1 Å². The minimum absolute atomic E-state index is 0.290. The minimum atomic E-state index is -0.309. The van der Waals surface area contributed by atoms with E-state index in [2.05, 4.69) is 20.8 Å². The first-order chi connectivity index (χ1) is 11.7. The second kappa shape index (κ2) is 5.97. The number of imidazole rings is 1. The van der Waals surface area contributed by atoms with Crippen LogP contribution in [0.1, 0.15) is 22.7 Å². The van der Waals surface area contributed by atoms with Gasteiger partial charge in [-0.3, -0.25) is 0 Å². The molecule has 0 aliphatic carbocycles. The summed E-state index contributed by atoms with van der Waals surface area (Å²) < 4.78 is 12.6. The maximum atomic E-state index is 12.1. The Morgan fingerprint density at radius 3 is 3.29 bits per heavy atom. The third-order valence-electron chi connectivity index (χ3n) is 3.93. The molecule has 8 nitrogen and oxygen atoms in total. The number of ether oxygens (including phenoxy) is 1. The standard InChI is InChI=1S/C16H17N5O3/c1-10-8-21-4-2-11(6-15(21)18-10)19-16(22)17-7-13-12-9-23-5-3-14(12)24-20-13/h2,4,6,8H,3,5,7,9H2,1H3,(H2,17,19,22). The average Bonchev–Trinajstić information content (AvgIpc) is 3.15. The zero-order valence-corrected chi connectivity index (χ0v) is 13.2. The van der Waals surface area contributed by atoms with Crippen LogP contribution < -0.4 is 10.6 Å². The predicted octanol–water partition coefficient (Wildman–Crippen LogP) is 2.03.